The van der Waals surface area contributed by atoms with E-state index in [-0.39, 0.29) is 0 Å². The Morgan fingerprint density at radius 2 is 1.31 bits per heavy atom. The van der Waals surface area contributed by atoms with Gasteiger partial charge in [-0.25, -0.2) is 0 Å². The minimum Gasteiger partial charge on any atom is -0.309 e. The third kappa shape index (κ3) is 2.25. The van der Waals surface area contributed by atoms with E-state index in [1.807, 2.05) is 0 Å². The molecule has 0 bridgehead atoms. The Morgan fingerprint density at radius 3 is 2.19 bits per heavy atom. The van der Waals surface area contributed by atoms with E-state index in [4.69, 9.17) is 0 Å². The first kappa shape index (κ1) is 18.1. The zero-order valence-electron chi connectivity index (χ0n) is 18.2. The molecule has 0 amide bonds. The van der Waals surface area contributed by atoms with Crippen LogP contribution in [0.15, 0.2) is 113 Å². The molecular weight excluding hydrogens is 406 g/mol. The van der Waals surface area contributed by atoms with Gasteiger partial charge in [0.25, 0.3) is 0 Å². The predicted octanol–water partition coefficient (Wildman–Crippen LogP) is 8.40. The summed E-state index contributed by atoms with van der Waals surface area (Å²) >= 11 is 0. The van der Waals surface area contributed by atoms with Gasteiger partial charge < -0.3 is 4.57 Å². The van der Waals surface area contributed by atoms with Gasteiger partial charge in [0, 0.05) is 26.3 Å². The SMILES string of the molecule is CS1(C)c2ccccc2-c2ccc3cc4c5ccccc5n(-c5ccccc5)c4cc3c21. The molecule has 7 rings (SSSR count). The maximum absolute atomic E-state index is 2.46. The Labute approximate surface area is 189 Å². The summed E-state index contributed by atoms with van der Waals surface area (Å²) in [5.74, 6) is 0. The van der Waals surface area contributed by atoms with Gasteiger partial charge in [-0.2, -0.15) is 10.0 Å². The molecule has 0 saturated carbocycles. The molecule has 1 nitrogen and oxygen atoms in total. The Morgan fingerprint density at radius 1 is 0.562 bits per heavy atom. The smallest absolute Gasteiger partial charge is 0.0547 e. The number of benzene rings is 5. The fourth-order valence-corrected chi connectivity index (χ4v) is 8.44. The van der Waals surface area contributed by atoms with Crippen molar-refractivity contribution >= 4 is 42.6 Å². The lowest BCUT2D eigenvalue weighted by Gasteiger charge is -2.29. The second-order valence-corrected chi connectivity index (χ2v) is 12.5. The van der Waals surface area contributed by atoms with Crippen LogP contribution in [-0.4, -0.2) is 17.1 Å². The molecular formula is C30H23NS. The highest BCUT2D eigenvalue weighted by Gasteiger charge is 2.33. The molecule has 0 aliphatic carbocycles. The average molecular weight is 430 g/mol. The molecule has 0 radical (unpaired) electrons. The number of rotatable bonds is 1. The van der Waals surface area contributed by atoms with E-state index in [9.17, 15) is 0 Å². The molecule has 1 aliphatic heterocycles. The van der Waals surface area contributed by atoms with E-state index in [0.717, 1.165) is 0 Å². The summed E-state index contributed by atoms with van der Waals surface area (Å²) in [6.07, 6.45) is 4.90. The number of hydrogen-bond donors (Lipinski definition) is 0. The van der Waals surface area contributed by atoms with Crippen molar-refractivity contribution in [2.75, 3.05) is 12.5 Å². The maximum atomic E-state index is 2.46. The van der Waals surface area contributed by atoms with Crippen molar-refractivity contribution in [3.8, 4) is 16.8 Å². The quantitative estimate of drug-likeness (QED) is 0.247. The molecule has 2 heterocycles. The molecule has 0 saturated heterocycles. The van der Waals surface area contributed by atoms with Crippen LogP contribution in [0, 0.1) is 0 Å². The van der Waals surface area contributed by atoms with Gasteiger partial charge in [-0.15, -0.1) is 0 Å². The highest BCUT2D eigenvalue weighted by atomic mass is 32.3. The normalized spacial score (nSPS) is 15.2. The maximum Gasteiger partial charge on any atom is 0.0547 e. The van der Waals surface area contributed by atoms with Crippen LogP contribution in [0.1, 0.15) is 0 Å². The molecule has 0 spiro atoms. The first-order chi connectivity index (χ1) is 15.6. The highest BCUT2D eigenvalue weighted by molar-refractivity contribution is 8.33. The van der Waals surface area contributed by atoms with Crippen molar-refractivity contribution in [3.05, 3.63) is 103 Å². The lowest BCUT2D eigenvalue weighted by Crippen LogP contribution is -1.95. The molecule has 0 atom stereocenters. The summed E-state index contributed by atoms with van der Waals surface area (Å²) in [5.41, 5.74) is 6.57. The number of nitrogens with zero attached hydrogens (tertiary/aromatic N) is 1. The Hall–Kier alpha value is -3.49. The van der Waals surface area contributed by atoms with E-state index in [1.54, 1.807) is 0 Å². The molecule has 1 aliphatic rings. The Bertz CT molecular complexity index is 1690. The topological polar surface area (TPSA) is 4.93 Å². The molecule has 2 heteroatoms. The first-order valence-corrected chi connectivity index (χ1v) is 13.5. The molecule has 5 aromatic carbocycles. The zero-order valence-corrected chi connectivity index (χ0v) is 19.0. The van der Waals surface area contributed by atoms with Crippen LogP contribution in [0.4, 0.5) is 0 Å². The first-order valence-electron chi connectivity index (χ1n) is 11.0. The van der Waals surface area contributed by atoms with Crippen molar-refractivity contribution < 1.29 is 0 Å². The Kier molecular flexibility index (Phi) is 3.55. The predicted molar refractivity (Wildman–Crippen MR) is 140 cm³/mol. The number of fused-ring (bicyclic) bond motifs is 8. The fraction of sp³-hybridized carbons (Fsp3) is 0.0667. The van der Waals surface area contributed by atoms with Gasteiger partial charge in [-0.05, 0) is 70.8 Å². The van der Waals surface area contributed by atoms with Crippen molar-refractivity contribution in [2.24, 2.45) is 0 Å². The van der Waals surface area contributed by atoms with Crippen LogP contribution >= 0.6 is 10.0 Å². The largest absolute Gasteiger partial charge is 0.309 e. The van der Waals surface area contributed by atoms with E-state index < -0.39 is 10.0 Å². The standard InChI is InChI=1S/C30H23NS/c1-32(2)29-15-9-7-13-23(29)24-17-16-20-18-26-22-12-6-8-14-27(22)31(21-10-4-3-5-11-21)28(26)19-25(20)30(24)32/h3-19H,1-2H3. The van der Waals surface area contributed by atoms with Crippen LogP contribution in [0.5, 0.6) is 0 Å². The van der Waals surface area contributed by atoms with Gasteiger partial charge in [-0.3, -0.25) is 0 Å². The van der Waals surface area contributed by atoms with Crippen LogP contribution in [-0.2, 0) is 0 Å². The van der Waals surface area contributed by atoms with Gasteiger partial charge >= 0.3 is 0 Å². The van der Waals surface area contributed by atoms with Crippen molar-refractivity contribution in [1.82, 2.24) is 4.57 Å². The minimum absolute atomic E-state index is 1.08. The second kappa shape index (κ2) is 6.27. The highest BCUT2D eigenvalue weighted by Crippen LogP contribution is 2.68. The fourth-order valence-electron chi connectivity index (χ4n) is 5.62. The molecule has 154 valence electrons. The van der Waals surface area contributed by atoms with Gasteiger partial charge in [0.05, 0.1) is 11.0 Å². The van der Waals surface area contributed by atoms with Gasteiger partial charge in [0.1, 0.15) is 0 Å². The number of aromatic nitrogens is 1. The molecule has 0 unspecified atom stereocenters. The molecule has 1 aromatic heterocycles. The monoisotopic (exact) mass is 429 g/mol. The minimum atomic E-state index is -1.08. The second-order valence-electron chi connectivity index (χ2n) is 9.04. The summed E-state index contributed by atoms with van der Waals surface area (Å²) in [4.78, 5) is 3.04. The summed E-state index contributed by atoms with van der Waals surface area (Å²) in [6, 6.07) is 38.0. The van der Waals surface area contributed by atoms with E-state index in [0.29, 0.717) is 0 Å². The third-order valence-electron chi connectivity index (χ3n) is 7.01. The van der Waals surface area contributed by atoms with Gasteiger partial charge in [0.2, 0.25) is 0 Å². The van der Waals surface area contributed by atoms with Crippen LogP contribution < -0.4 is 0 Å². The van der Waals surface area contributed by atoms with Crippen molar-refractivity contribution in [2.45, 2.75) is 9.79 Å². The van der Waals surface area contributed by atoms with Crippen LogP contribution in [0.2, 0.25) is 0 Å². The zero-order chi connectivity index (χ0) is 21.4. The van der Waals surface area contributed by atoms with Gasteiger partial charge in [-0.1, -0.05) is 66.7 Å². The summed E-state index contributed by atoms with van der Waals surface area (Å²) in [6.45, 7) is 0. The lowest BCUT2D eigenvalue weighted by molar-refractivity contribution is 1.18. The molecule has 0 N–H and O–H groups in total. The summed E-state index contributed by atoms with van der Waals surface area (Å²) in [7, 11) is -1.08. The molecule has 32 heavy (non-hydrogen) atoms. The van der Waals surface area contributed by atoms with E-state index in [1.165, 1.54) is 59.2 Å². The van der Waals surface area contributed by atoms with Crippen molar-refractivity contribution in [3.63, 3.8) is 0 Å². The van der Waals surface area contributed by atoms with Gasteiger partial charge in [0.15, 0.2) is 0 Å². The average Bonchev–Trinajstić information content (AvgIpc) is 3.27. The summed E-state index contributed by atoms with van der Waals surface area (Å²) < 4.78 is 2.42. The number of hydrogen-bond acceptors (Lipinski definition) is 0. The lowest BCUT2D eigenvalue weighted by atomic mass is 10.00. The van der Waals surface area contributed by atoms with E-state index >= 15 is 0 Å². The number of para-hydroxylation sites is 2. The van der Waals surface area contributed by atoms with Crippen molar-refractivity contribution in [1.29, 1.82) is 0 Å². The Balaban J connectivity index is 1.66. The van der Waals surface area contributed by atoms with Crippen LogP contribution in [0.3, 0.4) is 0 Å². The molecule has 0 fully saturated rings. The molecule has 6 aromatic rings. The summed E-state index contributed by atoms with van der Waals surface area (Å²) in [5, 5.41) is 5.36. The van der Waals surface area contributed by atoms with E-state index in [2.05, 4.69) is 120 Å². The van der Waals surface area contributed by atoms with Crippen LogP contribution in [0.25, 0.3) is 49.4 Å². The third-order valence-corrected chi connectivity index (χ3v) is 9.93.